The Morgan fingerprint density at radius 3 is 0.778 bits per heavy atom. The van der Waals surface area contributed by atoms with Crippen molar-refractivity contribution in [2.75, 3.05) is 96.9 Å². The zero-order valence-electron chi connectivity index (χ0n) is 28.6. The number of aliphatic hydroxyl groups is 8. The maximum Gasteiger partial charge on any atom is 1.00 e. The van der Waals surface area contributed by atoms with E-state index in [1.165, 1.54) is 0 Å². The summed E-state index contributed by atoms with van der Waals surface area (Å²) in [6.45, 7) is 12.5. The van der Waals surface area contributed by atoms with E-state index in [1.807, 2.05) is 20.8 Å². The molecule has 0 radical (unpaired) electrons. The molecule has 2 heterocycles. The normalized spacial score (nSPS) is 16.0. The SMILES string of the molecule is CCC(CO)(CCl)CCl.CCC(CO)(CO)CO.CCC(CO)(CO)CO.CCC1(CCl)COC1.CCC1(CO)COC1.[K+].[OH-]. The van der Waals surface area contributed by atoms with Crippen molar-refractivity contribution in [3.05, 3.63) is 0 Å². The van der Waals surface area contributed by atoms with E-state index in [1.54, 1.807) is 0 Å². The predicted octanol–water partition coefficient (Wildman–Crippen LogP) is -0.544. The summed E-state index contributed by atoms with van der Waals surface area (Å²) in [5, 5.41) is 69.5. The van der Waals surface area contributed by atoms with Crippen molar-refractivity contribution in [1.82, 2.24) is 0 Å². The van der Waals surface area contributed by atoms with Crippen LogP contribution in [0.2, 0.25) is 0 Å². The van der Waals surface area contributed by atoms with E-state index < -0.39 is 10.8 Å². The second kappa shape index (κ2) is 32.0. The molecule has 2 saturated heterocycles. The summed E-state index contributed by atoms with van der Waals surface area (Å²) >= 11 is 16.8. The van der Waals surface area contributed by atoms with Gasteiger partial charge in [-0.25, -0.2) is 0 Å². The first-order chi connectivity index (χ1) is 20.4. The van der Waals surface area contributed by atoms with Crippen LogP contribution in [0.15, 0.2) is 0 Å². The van der Waals surface area contributed by atoms with Gasteiger partial charge in [0.05, 0.1) is 79.3 Å². The van der Waals surface area contributed by atoms with Crippen LogP contribution in [0, 0.1) is 27.1 Å². The Bertz CT molecular complexity index is 471. The van der Waals surface area contributed by atoms with Crippen molar-refractivity contribution >= 4 is 34.8 Å². The summed E-state index contributed by atoms with van der Waals surface area (Å²) in [5.74, 6) is 1.62. The zero-order chi connectivity index (χ0) is 34.1. The Balaban J connectivity index is -0.000000147. The Labute approximate surface area is 329 Å². The molecule has 11 nitrogen and oxygen atoms in total. The molecule has 0 aromatic heterocycles. The summed E-state index contributed by atoms with van der Waals surface area (Å²) in [6.07, 6.45) is 4.20. The summed E-state index contributed by atoms with van der Waals surface area (Å²) in [6, 6.07) is 0. The first-order valence-electron chi connectivity index (χ1n) is 15.1. The molecule has 272 valence electrons. The summed E-state index contributed by atoms with van der Waals surface area (Å²) < 4.78 is 10.00. The minimum Gasteiger partial charge on any atom is -0.870 e. The Kier molecular flexibility index (Phi) is 40.1. The van der Waals surface area contributed by atoms with Crippen LogP contribution in [0.1, 0.15) is 66.7 Å². The first kappa shape index (κ1) is 56.4. The number of ether oxygens (including phenoxy) is 2. The van der Waals surface area contributed by atoms with Crippen LogP contribution in [-0.2, 0) is 9.47 Å². The molecule has 9 N–H and O–H groups in total. The molecule has 2 rings (SSSR count). The van der Waals surface area contributed by atoms with Crippen LogP contribution < -0.4 is 51.4 Å². The maximum absolute atomic E-state index is 8.81. The molecule has 15 heteroatoms. The fourth-order valence-electron chi connectivity index (χ4n) is 2.96. The van der Waals surface area contributed by atoms with Gasteiger partial charge in [0.25, 0.3) is 0 Å². The van der Waals surface area contributed by atoms with Gasteiger partial charge in [-0.05, 0) is 32.1 Å². The van der Waals surface area contributed by atoms with Crippen LogP contribution in [0.3, 0.4) is 0 Å². The van der Waals surface area contributed by atoms with Crippen LogP contribution in [0.25, 0.3) is 0 Å². The molecular formula is C30H64Cl3KO11. The summed E-state index contributed by atoms with van der Waals surface area (Å²) in [5.41, 5.74) is -1.09. The minimum atomic E-state index is -0.667. The summed E-state index contributed by atoms with van der Waals surface area (Å²) in [7, 11) is 0. The van der Waals surface area contributed by atoms with Crippen molar-refractivity contribution in [2.45, 2.75) is 66.7 Å². The van der Waals surface area contributed by atoms with Crippen LogP contribution in [-0.4, -0.2) is 143 Å². The van der Waals surface area contributed by atoms with Gasteiger partial charge in [0.1, 0.15) is 0 Å². The number of hydrogen-bond acceptors (Lipinski definition) is 11. The topological polar surface area (TPSA) is 210 Å². The van der Waals surface area contributed by atoms with Gasteiger partial charge in [-0.3, -0.25) is 0 Å². The quantitative estimate of drug-likeness (QED) is 0.0743. The molecule has 0 unspecified atom stereocenters. The average molecular weight is 746 g/mol. The number of hydrogen-bond donors (Lipinski definition) is 8. The molecule has 45 heavy (non-hydrogen) atoms. The standard InChI is InChI=1S/C6H12Cl2O.C6H11ClO.2C6H14O3.C6H12O2.K.H2O/c1-2-6(3-7,4-8)5-9;1-2-6(3-7)4-8-5-6;2*1-2-6(3-7,4-8)5-9;1-2-6(3-7)4-8-5-6;;/h9H,2-5H2,1H3;2-5H2,1H3;2*7-9H,2-5H2,1H3;7H,2-5H2,1H3;;1H2/q;;;;;+1;/p-1. The monoisotopic (exact) mass is 744 g/mol. The van der Waals surface area contributed by atoms with Gasteiger partial charge in [-0.1, -0.05) is 34.6 Å². The Morgan fingerprint density at radius 2 is 0.778 bits per heavy atom. The van der Waals surface area contributed by atoms with Gasteiger partial charge >= 0.3 is 51.4 Å². The second-order valence-corrected chi connectivity index (χ2v) is 12.7. The van der Waals surface area contributed by atoms with Crippen molar-refractivity contribution in [3.63, 3.8) is 0 Å². The largest absolute Gasteiger partial charge is 1.00 e. The molecule has 0 atom stereocenters. The molecule has 2 aliphatic rings. The molecule has 0 bridgehead atoms. The molecule has 2 fully saturated rings. The second-order valence-electron chi connectivity index (χ2n) is 11.9. The zero-order valence-corrected chi connectivity index (χ0v) is 34.0. The number of aliphatic hydroxyl groups excluding tert-OH is 8. The van der Waals surface area contributed by atoms with E-state index in [0.29, 0.717) is 30.0 Å². The molecule has 0 saturated carbocycles. The minimum absolute atomic E-state index is 0. The van der Waals surface area contributed by atoms with Gasteiger partial charge in [-0.2, -0.15) is 0 Å². The van der Waals surface area contributed by atoms with Gasteiger partial charge in [0.2, 0.25) is 0 Å². The molecule has 0 spiro atoms. The van der Waals surface area contributed by atoms with Crippen molar-refractivity contribution in [2.24, 2.45) is 27.1 Å². The molecule has 0 aromatic carbocycles. The summed E-state index contributed by atoms with van der Waals surface area (Å²) in [4.78, 5) is 0. The van der Waals surface area contributed by atoms with Gasteiger partial charge in [0, 0.05) is 44.7 Å². The third-order valence-electron chi connectivity index (χ3n) is 8.92. The van der Waals surface area contributed by atoms with E-state index in [2.05, 4.69) is 13.8 Å². The van der Waals surface area contributed by atoms with Crippen molar-refractivity contribution < 1.29 is 107 Å². The number of alkyl halides is 3. The van der Waals surface area contributed by atoms with Crippen molar-refractivity contribution in [3.8, 4) is 0 Å². The van der Waals surface area contributed by atoms with Gasteiger partial charge in [-0.15, -0.1) is 34.8 Å². The van der Waals surface area contributed by atoms with E-state index in [-0.39, 0.29) is 121 Å². The number of halogens is 3. The molecule has 0 amide bonds. The number of rotatable bonds is 16. The fraction of sp³-hybridized carbons (Fsp3) is 1.00. The molecule has 0 aliphatic carbocycles. The average Bonchev–Trinajstić information content (AvgIpc) is 3.03. The third-order valence-corrected chi connectivity index (χ3v) is 10.6. The van der Waals surface area contributed by atoms with Gasteiger partial charge in [0.15, 0.2) is 0 Å². The van der Waals surface area contributed by atoms with Gasteiger partial charge < -0.3 is 55.8 Å². The fourth-order valence-corrected chi connectivity index (χ4v) is 4.13. The smallest absolute Gasteiger partial charge is 0.870 e. The molecule has 2 aliphatic heterocycles. The van der Waals surface area contributed by atoms with E-state index >= 15 is 0 Å². The third kappa shape index (κ3) is 20.5. The molecular weight excluding hydrogens is 682 g/mol. The van der Waals surface area contributed by atoms with E-state index in [0.717, 1.165) is 51.6 Å². The first-order valence-corrected chi connectivity index (χ1v) is 16.7. The Hall–Kier alpha value is 2.07. The maximum atomic E-state index is 8.81. The van der Waals surface area contributed by atoms with Crippen LogP contribution in [0.5, 0.6) is 0 Å². The van der Waals surface area contributed by atoms with Crippen LogP contribution >= 0.6 is 34.8 Å². The van der Waals surface area contributed by atoms with Crippen LogP contribution in [0.4, 0.5) is 0 Å². The van der Waals surface area contributed by atoms with Crippen molar-refractivity contribution in [1.29, 1.82) is 0 Å². The Morgan fingerprint density at radius 1 is 0.511 bits per heavy atom. The predicted molar refractivity (Wildman–Crippen MR) is 176 cm³/mol. The van der Waals surface area contributed by atoms with E-state index in [9.17, 15) is 0 Å². The molecule has 0 aromatic rings. The van der Waals surface area contributed by atoms with E-state index in [4.69, 9.17) is 85.1 Å².